The van der Waals surface area contributed by atoms with Crippen LogP contribution >= 0.6 is 0 Å². The van der Waals surface area contributed by atoms with Crippen LogP contribution in [0.5, 0.6) is 0 Å². The SMILES string of the molecule is CC(C)=C[C@@H]1C[C@](C)(O)[C@H]2[C@@H](C[C@@]3(C)[C@@H]4CC=C5[C@@H](C[C@H](O[C@@H]6O[C@H](CO)[C@@H](O)[C@H](O)[C@H]6O)[C@@H](O)C5(C)C)[C@]4(C)C(=O)C[C@]23C)O1. The van der Waals surface area contributed by atoms with Gasteiger partial charge in [0.1, 0.15) is 30.2 Å². The number of aliphatic hydroxyl groups excluding tert-OH is 5. The minimum Gasteiger partial charge on any atom is -0.394 e. The minimum atomic E-state index is -1.60. The molecule has 0 unspecified atom stereocenters. The van der Waals surface area contributed by atoms with Crippen molar-refractivity contribution in [2.24, 2.45) is 39.4 Å². The van der Waals surface area contributed by atoms with Gasteiger partial charge in [0.2, 0.25) is 0 Å². The molecule has 0 spiro atoms. The fraction of sp³-hybridized carbons (Fsp3) is 0.861. The standard InChI is InChI=1S/C36H56O10/c1-17(2)11-18-13-35(7,43)29-22(44-18)14-33(5)24-10-9-19-20(36(24,8)25(38)15-34(29,33)6)12-21(30(42)32(19,3)4)45-31-28(41)27(40)26(39)23(16-37)46-31/h9,11,18,20-24,26-31,37,39-43H,10,12-16H2,1-8H3/t18-,20-,21+,22-,23-,24+,26-,27+,28-,29+,30-,31-,33+,34-,35+,36+/m1/s1. The zero-order chi connectivity index (χ0) is 33.9. The first-order valence-corrected chi connectivity index (χ1v) is 17.1. The second kappa shape index (κ2) is 11.2. The molecule has 2 saturated heterocycles. The molecule has 2 aliphatic heterocycles. The maximum atomic E-state index is 14.8. The number of fused-ring (bicyclic) bond motifs is 7. The average Bonchev–Trinajstić information content (AvgIpc) is 3.18. The topological polar surface area (TPSA) is 166 Å². The molecule has 0 aromatic heterocycles. The van der Waals surface area contributed by atoms with Crippen molar-refractivity contribution < 1.29 is 49.6 Å². The van der Waals surface area contributed by atoms with Crippen molar-refractivity contribution in [3.05, 3.63) is 23.3 Å². The summed E-state index contributed by atoms with van der Waals surface area (Å²) in [7, 11) is 0. The third kappa shape index (κ3) is 4.72. The van der Waals surface area contributed by atoms with Gasteiger partial charge in [-0.1, -0.05) is 57.9 Å². The van der Waals surface area contributed by atoms with Crippen molar-refractivity contribution >= 4 is 5.78 Å². The molecule has 46 heavy (non-hydrogen) atoms. The van der Waals surface area contributed by atoms with Crippen LogP contribution in [0.15, 0.2) is 23.3 Å². The molecule has 0 bridgehead atoms. The Morgan fingerprint density at radius 3 is 2.28 bits per heavy atom. The molecule has 6 N–H and O–H groups in total. The van der Waals surface area contributed by atoms with Gasteiger partial charge in [-0.3, -0.25) is 4.79 Å². The maximum absolute atomic E-state index is 14.8. The quantitative estimate of drug-likeness (QED) is 0.249. The second-order valence-electron chi connectivity index (χ2n) is 17.2. The van der Waals surface area contributed by atoms with E-state index < -0.39 is 71.4 Å². The largest absolute Gasteiger partial charge is 0.394 e. The van der Waals surface area contributed by atoms with Gasteiger partial charge >= 0.3 is 0 Å². The van der Waals surface area contributed by atoms with Gasteiger partial charge in [0.25, 0.3) is 0 Å². The molecule has 260 valence electrons. The highest BCUT2D eigenvalue weighted by molar-refractivity contribution is 5.88. The maximum Gasteiger partial charge on any atom is 0.187 e. The summed E-state index contributed by atoms with van der Waals surface area (Å²) < 4.78 is 18.6. The van der Waals surface area contributed by atoms with Crippen LogP contribution in [0.4, 0.5) is 0 Å². The summed E-state index contributed by atoms with van der Waals surface area (Å²) in [5.74, 6) is -0.367. The average molecular weight is 649 g/mol. The Kier molecular flexibility index (Phi) is 8.40. The lowest BCUT2D eigenvalue weighted by atomic mass is 9.38. The highest BCUT2D eigenvalue weighted by Crippen LogP contribution is 2.75. The van der Waals surface area contributed by atoms with E-state index in [1.54, 1.807) is 0 Å². The molecule has 10 heteroatoms. The third-order valence-corrected chi connectivity index (χ3v) is 13.9. The number of hydrogen-bond donors (Lipinski definition) is 6. The van der Waals surface area contributed by atoms with Crippen molar-refractivity contribution in [3.63, 3.8) is 0 Å². The molecule has 16 atom stereocenters. The lowest BCUT2D eigenvalue weighted by molar-refractivity contribution is -0.323. The summed E-state index contributed by atoms with van der Waals surface area (Å²) in [6.07, 6.45) is -2.67. The summed E-state index contributed by atoms with van der Waals surface area (Å²) in [5, 5.41) is 64.8. The molecule has 0 aromatic rings. The smallest absolute Gasteiger partial charge is 0.187 e. The van der Waals surface area contributed by atoms with Crippen LogP contribution < -0.4 is 0 Å². The number of carbonyl (C=O) groups is 1. The molecular formula is C36H56O10. The van der Waals surface area contributed by atoms with E-state index in [1.807, 2.05) is 34.6 Å². The van der Waals surface area contributed by atoms with E-state index in [0.717, 1.165) is 17.6 Å². The molecule has 0 aromatic carbocycles. The molecule has 6 rings (SSSR count). The van der Waals surface area contributed by atoms with Crippen molar-refractivity contribution in [2.75, 3.05) is 6.61 Å². The molecule has 6 aliphatic rings. The summed E-state index contributed by atoms with van der Waals surface area (Å²) in [6.45, 7) is 15.8. The van der Waals surface area contributed by atoms with Crippen LogP contribution in [-0.2, 0) is 19.0 Å². The predicted molar refractivity (Wildman–Crippen MR) is 168 cm³/mol. The normalized spacial score (nSPS) is 54.6. The Bertz CT molecular complexity index is 1290. The molecule has 0 radical (unpaired) electrons. The van der Waals surface area contributed by atoms with Crippen molar-refractivity contribution in [2.45, 2.75) is 148 Å². The number of carbonyl (C=O) groups excluding carboxylic acids is 1. The lowest BCUT2D eigenvalue weighted by Crippen LogP contribution is -2.66. The third-order valence-electron chi connectivity index (χ3n) is 13.9. The fourth-order valence-electron chi connectivity index (χ4n) is 11.5. The Balaban J connectivity index is 1.35. The van der Waals surface area contributed by atoms with Crippen LogP contribution in [0, 0.1) is 39.4 Å². The Morgan fingerprint density at radius 2 is 1.65 bits per heavy atom. The van der Waals surface area contributed by atoms with Gasteiger partial charge in [-0.25, -0.2) is 0 Å². The van der Waals surface area contributed by atoms with Crippen molar-refractivity contribution in [3.8, 4) is 0 Å². The Morgan fingerprint density at radius 1 is 0.978 bits per heavy atom. The first-order chi connectivity index (χ1) is 21.2. The van der Waals surface area contributed by atoms with Gasteiger partial charge in [-0.2, -0.15) is 0 Å². The summed E-state index contributed by atoms with van der Waals surface area (Å²) in [4.78, 5) is 14.8. The summed E-state index contributed by atoms with van der Waals surface area (Å²) in [5.41, 5.74) is -1.21. The van der Waals surface area contributed by atoms with Crippen LogP contribution in [0.3, 0.4) is 0 Å². The predicted octanol–water partition coefficient (Wildman–Crippen LogP) is 2.41. The molecule has 2 heterocycles. The van der Waals surface area contributed by atoms with Gasteiger partial charge < -0.3 is 44.8 Å². The Hall–Kier alpha value is -1.21. The summed E-state index contributed by atoms with van der Waals surface area (Å²) >= 11 is 0. The molecular weight excluding hydrogens is 592 g/mol. The highest BCUT2D eigenvalue weighted by Gasteiger charge is 2.75. The number of Topliss-reactive ketones (excluding diaryl/α,β-unsaturated/α-hetero) is 1. The molecule has 0 amide bonds. The van der Waals surface area contributed by atoms with Gasteiger partial charge in [0, 0.05) is 29.6 Å². The number of hydrogen-bond acceptors (Lipinski definition) is 10. The van der Waals surface area contributed by atoms with E-state index in [-0.39, 0.29) is 41.2 Å². The second-order valence-corrected chi connectivity index (χ2v) is 17.2. The van der Waals surface area contributed by atoms with Gasteiger partial charge in [0.15, 0.2) is 6.29 Å². The van der Waals surface area contributed by atoms with E-state index >= 15 is 0 Å². The van der Waals surface area contributed by atoms with E-state index in [1.165, 1.54) is 0 Å². The summed E-state index contributed by atoms with van der Waals surface area (Å²) in [6, 6.07) is 0. The lowest BCUT2D eigenvalue weighted by Gasteiger charge is -2.65. The highest BCUT2D eigenvalue weighted by atomic mass is 16.7. The van der Waals surface area contributed by atoms with Gasteiger partial charge in [0.05, 0.1) is 36.6 Å². The monoisotopic (exact) mass is 648 g/mol. The molecule has 5 fully saturated rings. The first kappa shape index (κ1) is 34.6. The van der Waals surface area contributed by atoms with E-state index in [4.69, 9.17) is 14.2 Å². The molecule has 10 nitrogen and oxygen atoms in total. The zero-order valence-electron chi connectivity index (χ0n) is 28.6. The van der Waals surface area contributed by atoms with Crippen LogP contribution in [0.2, 0.25) is 0 Å². The minimum absolute atomic E-state index is 0.0501. The molecule has 3 saturated carbocycles. The van der Waals surface area contributed by atoms with Crippen LogP contribution in [0.1, 0.15) is 87.5 Å². The number of ketones is 1. The number of ether oxygens (including phenoxy) is 3. The fourth-order valence-corrected chi connectivity index (χ4v) is 11.5. The van der Waals surface area contributed by atoms with E-state index in [2.05, 4.69) is 32.9 Å². The number of rotatable bonds is 4. The number of aliphatic hydroxyl groups is 6. The van der Waals surface area contributed by atoms with Crippen LogP contribution in [0.25, 0.3) is 0 Å². The first-order valence-electron chi connectivity index (χ1n) is 17.1. The number of allylic oxidation sites excluding steroid dienone is 2. The van der Waals surface area contributed by atoms with Crippen LogP contribution in [-0.4, -0.2) is 104 Å². The van der Waals surface area contributed by atoms with E-state index in [9.17, 15) is 35.4 Å². The van der Waals surface area contributed by atoms with Gasteiger partial charge in [-0.15, -0.1) is 0 Å². The van der Waals surface area contributed by atoms with Gasteiger partial charge in [-0.05, 0) is 62.7 Å². The Labute approximate surface area is 272 Å². The van der Waals surface area contributed by atoms with Crippen molar-refractivity contribution in [1.82, 2.24) is 0 Å². The van der Waals surface area contributed by atoms with Crippen molar-refractivity contribution in [1.29, 1.82) is 0 Å². The molecule has 4 aliphatic carbocycles. The van der Waals surface area contributed by atoms with E-state index in [0.29, 0.717) is 25.7 Å². The zero-order valence-corrected chi connectivity index (χ0v) is 28.6.